The van der Waals surface area contributed by atoms with E-state index >= 15 is 0 Å². The first kappa shape index (κ1) is 16.4. The summed E-state index contributed by atoms with van der Waals surface area (Å²) in [7, 11) is 0. The summed E-state index contributed by atoms with van der Waals surface area (Å²) in [4.78, 5) is 18.5. The number of hydrogen-bond acceptors (Lipinski definition) is 5. The van der Waals surface area contributed by atoms with E-state index in [9.17, 15) is 4.79 Å². The van der Waals surface area contributed by atoms with E-state index in [1.807, 2.05) is 38.1 Å². The van der Waals surface area contributed by atoms with E-state index in [1.54, 1.807) is 12.4 Å². The van der Waals surface area contributed by atoms with Gasteiger partial charge in [0.2, 0.25) is 5.91 Å². The molecule has 0 bridgehead atoms. The normalized spacial score (nSPS) is 17.8. The second kappa shape index (κ2) is 7.38. The van der Waals surface area contributed by atoms with E-state index in [-0.39, 0.29) is 17.9 Å². The highest BCUT2D eigenvalue weighted by Crippen LogP contribution is 2.23. The lowest BCUT2D eigenvalue weighted by molar-refractivity contribution is -0.125. The van der Waals surface area contributed by atoms with Crippen LogP contribution in [0.3, 0.4) is 0 Å². The van der Waals surface area contributed by atoms with Gasteiger partial charge in [0.25, 0.3) is 0 Å². The molecule has 0 aliphatic carbocycles. The average Bonchev–Trinajstić information content (AvgIpc) is 2.62. The number of hydrogen-bond donors (Lipinski definition) is 1. The topological polar surface area (TPSA) is 71.0 Å². The maximum atomic E-state index is 12.2. The summed E-state index contributed by atoms with van der Waals surface area (Å²) in [6.07, 6.45) is 5.43. The Morgan fingerprint density at radius 3 is 2.83 bits per heavy atom. The van der Waals surface area contributed by atoms with Crippen LogP contribution in [-0.2, 0) is 4.79 Å². The second-order valence-corrected chi connectivity index (χ2v) is 6.47. The summed E-state index contributed by atoms with van der Waals surface area (Å²) in [5, 5.41) is 11.7. The lowest BCUT2D eigenvalue weighted by Crippen LogP contribution is -2.45. The van der Waals surface area contributed by atoms with Crippen molar-refractivity contribution in [1.82, 2.24) is 20.5 Å². The molecule has 126 valence electrons. The average molecular weight is 325 g/mol. The zero-order valence-electron chi connectivity index (χ0n) is 14.1. The third-order valence-electron chi connectivity index (χ3n) is 4.15. The molecule has 0 saturated carbocycles. The van der Waals surface area contributed by atoms with Crippen molar-refractivity contribution >= 4 is 11.7 Å². The van der Waals surface area contributed by atoms with Crippen molar-refractivity contribution in [2.24, 2.45) is 5.92 Å². The monoisotopic (exact) mass is 325 g/mol. The van der Waals surface area contributed by atoms with Gasteiger partial charge in [0.05, 0.1) is 11.6 Å². The minimum absolute atomic E-state index is 0.0148. The molecule has 0 aromatic carbocycles. The van der Waals surface area contributed by atoms with Crippen molar-refractivity contribution in [1.29, 1.82) is 0 Å². The number of nitrogens with zero attached hydrogens (tertiary/aromatic N) is 4. The third kappa shape index (κ3) is 3.88. The molecule has 1 saturated heterocycles. The molecule has 0 radical (unpaired) electrons. The van der Waals surface area contributed by atoms with Crippen molar-refractivity contribution in [2.45, 2.75) is 32.7 Å². The van der Waals surface area contributed by atoms with Crippen LogP contribution in [0.4, 0.5) is 5.82 Å². The van der Waals surface area contributed by atoms with Crippen LogP contribution in [0.1, 0.15) is 26.7 Å². The van der Waals surface area contributed by atoms with Gasteiger partial charge in [-0.25, -0.2) is 0 Å². The van der Waals surface area contributed by atoms with Gasteiger partial charge in [-0.1, -0.05) is 0 Å². The van der Waals surface area contributed by atoms with Crippen LogP contribution in [0.5, 0.6) is 0 Å². The smallest absolute Gasteiger partial charge is 0.225 e. The van der Waals surface area contributed by atoms with E-state index in [1.165, 1.54) is 0 Å². The van der Waals surface area contributed by atoms with Crippen LogP contribution in [0.15, 0.2) is 36.7 Å². The number of carbonyl (C=O) groups excluding carboxylic acids is 1. The first-order chi connectivity index (χ1) is 11.6. The Balaban J connectivity index is 1.69. The lowest BCUT2D eigenvalue weighted by Gasteiger charge is -2.32. The SMILES string of the molecule is CC(C)NC(=O)C1CCCN(c2ccc(-c3cccnc3)nn2)C1. The molecule has 2 aromatic rings. The Morgan fingerprint density at radius 1 is 1.29 bits per heavy atom. The van der Waals surface area contributed by atoms with Gasteiger partial charge in [0.15, 0.2) is 5.82 Å². The zero-order valence-corrected chi connectivity index (χ0v) is 14.1. The highest BCUT2D eigenvalue weighted by Gasteiger charge is 2.26. The van der Waals surface area contributed by atoms with E-state index in [0.717, 1.165) is 36.5 Å². The van der Waals surface area contributed by atoms with Crippen molar-refractivity contribution < 1.29 is 4.79 Å². The second-order valence-electron chi connectivity index (χ2n) is 6.47. The Kier molecular flexibility index (Phi) is 5.03. The number of nitrogens with one attached hydrogen (secondary N) is 1. The third-order valence-corrected chi connectivity index (χ3v) is 4.15. The Morgan fingerprint density at radius 2 is 2.17 bits per heavy atom. The molecule has 1 unspecified atom stereocenters. The summed E-state index contributed by atoms with van der Waals surface area (Å²) in [5.74, 6) is 0.972. The van der Waals surface area contributed by atoms with Gasteiger partial charge in [0, 0.05) is 37.1 Å². The first-order valence-corrected chi connectivity index (χ1v) is 8.43. The molecule has 1 atom stereocenters. The molecule has 0 spiro atoms. The summed E-state index contributed by atoms with van der Waals surface area (Å²) >= 11 is 0. The highest BCUT2D eigenvalue weighted by molar-refractivity contribution is 5.79. The van der Waals surface area contributed by atoms with Gasteiger partial charge in [-0.3, -0.25) is 9.78 Å². The van der Waals surface area contributed by atoms with Crippen molar-refractivity contribution in [3.8, 4) is 11.3 Å². The van der Waals surface area contributed by atoms with Crippen molar-refractivity contribution in [3.05, 3.63) is 36.7 Å². The molecule has 1 N–H and O–H groups in total. The molecule has 3 rings (SSSR count). The summed E-state index contributed by atoms with van der Waals surface area (Å²) < 4.78 is 0. The molecule has 24 heavy (non-hydrogen) atoms. The number of amides is 1. The Hall–Kier alpha value is -2.50. The van der Waals surface area contributed by atoms with E-state index < -0.39 is 0 Å². The molecule has 1 aliphatic heterocycles. The van der Waals surface area contributed by atoms with Gasteiger partial charge in [-0.2, -0.15) is 0 Å². The number of anilines is 1. The molecular weight excluding hydrogens is 302 g/mol. The fraction of sp³-hybridized carbons (Fsp3) is 0.444. The predicted molar refractivity (Wildman–Crippen MR) is 93.5 cm³/mol. The number of piperidine rings is 1. The molecule has 2 aromatic heterocycles. The first-order valence-electron chi connectivity index (χ1n) is 8.43. The van der Waals surface area contributed by atoms with Crippen molar-refractivity contribution in [3.63, 3.8) is 0 Å². The molecule has 6 nitrogen and oxygen atoms in total. The summed E-state index contributed by atoms with van der Waals surface area (Å²) in [5.41, 5.74) is 1.75. The van der Waals surface area contributed by atoms with E-state index in [0.29, 0.717) is 6.54 Å². The van der Waals surface area contributed by atoms with Crippen LogP contribution in [-0.4, -0.2) is 40.2 Å². The van der Waals surface area contributed by atoms with Crippen molar-refractivity contribution in [2.75, 3.05) is 18.0 Å². The molecule has 1 fully saturated rings. The predicted octanol–water partition coefficient (Wildman–Crippen LogP) is 2.28. The molecule has 6 heteroatoms. The maximum Gasteiger partial charge on any atom is 0.225 e. The molecule has 3 heterocycles. The minimum Gasteiger partial charge on any atom is -0.354 e. The number of aromatic nitrogens is 3. The number of rotatable bonds is 4. The standard InChI is InChI=1S/C18H23N5O/c1-13(2)20-18(24)15-6-4-10-23(12-15)17-8-7-16(21-22-17)14-5-3-9-19-11-14/h3,5,7-9,11,13,15H,4,6,10,12H2,1-2H3,(H,20,24). The van der Waals surface area contributed by atoms with Crippen LogP contribution >= 0.6 is 0 Å². The van der Waals surface area contributed by atoms with Crippen LogP contribution in [0.25, 0.3) is 11.3 Å². The molecule has 1 aliphatic rings. The highest BCUT2D eigenvalue weighted by atomic mass is 16.2. The van der Waals surface area contributed by atoms with Gasteiger partial charge in [-0.05, 0) is 51.0 Å². The maximum absolute atomic E-state index is 12.2. The lowest BCUT2D eigenvalue weighted by atomic mass is 9.97. The quantitative estimate of drug-likeness (QED) is 0.934. The largest absolute Gasteiger partial charge is 0.354 e. The fourth-order valence-corrected chi connectivity index (χ4v) is 2.96. The van der Waals surface area contributed by atoms with Gasteiger partial charge in [-0.15, -0.1) is 10.2 Å². The Bertz CT molecular complexity index is 672. The van der Waals surface area contributed by atoms with Crippen LogP contribution in [0.2, 0.25) is 0 Å². The number of carbonyl (C=O) groups is 1. The van der Waals surface area contributed by atoms with E-state index in [4.69, 9.17) is 0 Å². The molecular formula is C18H23N5O. The van der Waals surface area contributed by atoms with Gasteiger partial charge < -0.3 is 10.2 Å². The minimum atomic E-state index is 0.0148. The summed E-state index contributed by atoms with van der Waals surface area (Å²) in [6, 6.07) is 7.94. The van der Waals surface area contributed by atoms with Crippen LogP contribution in [0, 0.1) is 5.92 Å². The summed E-state index contributed by atoms with van der Waals surface area (Å²) in [6.45, 7) is 5.58. The van der Waals surface area contributed by atoms with Gasteiger partial charge in [0.1, 0.15) is 0 Å². The van der Waals surface area contributed by atoms with Crippen LogP contribution < -0.4 is 10.2 Å². The van der Waals surface area contributed by atoms with E-state index in [2.05, 4.69) is 25.4 Å². The Labute approximate surface area is 142 Å². The zero-order chi connectivity index (χ0) is 16.9. The fourth-order valence-electron chi connectivity index (χ4n) is 2.96. The molecule has 1 amide bonds. The number of pyridine rings is 1. The van der Waals surface area contributed by atoms with Gasteiger partial charge >= 0.3 is 0 Å².